The number of ether oxygens (including phenoxy) is 1. The Bertz CT molecular complexity index is 425. The molecule has 3 atom stereocenters. The second kappa shape index (κ2) is 3.17. The van der Waals surface area contributed by atoms with Crippen molar-refractivity contribution in [2.45, 2.75) is 38.5 Å². The predicted octanol–water partition coefficient (Wildman–Crippen LogP) is 2.41. The summed E-state index contributed by atoms with van der Waals surface area (Å²) in [5.74, 6) is 0. The summed E-state index contributed by atoms with van der Waals surface area (Å²) in [6, 6.07) is 4.73. The van der Waals surface area contributed by atoms with Gasteiger partial charge in [-0.05, 0) is 13.0 Å². The van der Waals surface area contributed by atoms with Crippen LogP contribution in [0.5, 0.6) is 0 Å². The van der Waals surface area contributed by atoms with Crippen molar-refractivity contribution in [1.82, 2.24) is 0 Å². The van der Waals surface area contributed by atoms with Crippen LogP contribution in [0.25, 0.3) is 6.08 Å². The van der Waals surface area contributed by atoms with Crippen molar-refractivity contribution >= 4 is 6.08 Å². The zero-order chi connectivity index (χ0) is 10.4. The quantitative estimate of drug-likeness (QED) is 0.589. The fourth-order valence-corrected chi connectivity index (χ4v) is 2.55. The van der Waals surface area contributed by atoms with Gasteiger partial charge in [-0.15, -0.1) is 0 Å². The lowest BCUT2D eigenvalue weighted by atomic mass is 9.96. The third-order valence-electron chi connectivity index (χ3n) is 3.55. The van der Waals surface area contributed by atoms with Crippen molar-refractivity contribution < 1.29 is 9.30 Å². The van der Waals surface area contributed by atoms with Crippen LogP contribution in [-0.4, -0.2) is 6.10 Å². The van der Waals surface area contributed by atoms with E-state index >= 15 is 0 Å². The molecule has 0 fully saturated rings. The van der Waals surface area contributed by atoms with Crippen molar-refractivity contribution in [2.24, 2.45) is 0 Å². The van der Waals surface area contributed by atoms with Gasteiger partial charge < -0.3 is 4.74 Å². The van der Waals surface area contributed by atoms with E-state index in [9.17, 15) is 0 Å². The molecule has 2 heterocycles. The largest absolute Gasteiger partial charge is 0.357 e. The summed E-state index contributed by atoms with van der Waals surface area (Å²) in [6.45, 7) is 4.38. The molecule has 0 amide bonds. The van der Waals surface area contributed by atoms with Gasteiger partial charge in [-0.2, -0.15) is 4.57 Å². The van der Waals surface area contributed by atoms with Crippen LogP contribution in [0.1, 0.15) is 43.7 Å². The fraction of sp³-hybridized carbons (Fsp3) is 0.462. The highest BCUT2D eigenvalue weighted by atomic mass is 16.5. The molecule has 0 aromatic carbocycles. The summed E-state index contributed by atoms with van der Waals surface area (Å²) < 4.78 is 8.41. The van der Waals surface area contributed by atoms with E-state index in [0.717, 1.165) is 6.42 Å². The highest BCUT2D eigenvalue weighted by molar-refractivity contribution is 5.53. The van der Waals surface area contributed by atoms with Gasteiger partial charge in [-0.25, -0.2) is 0 Å². The first-order chi connectivity index (χ1) is 7.27. The Morgan fingerprint density at radius 2 is 2.27 bits per heavy atom. The Kier molecular flexibility index (Phi) is 1.93. The molecular formula is C13H16NO+. The van der Waals surface area contributed by atoms with E-state index in [1.54, 1.807) is 0 Å². The van der Waals surface area contributed by atoms with Crippen LogP contribution in [0.4, 0.5) is 0 Å². The Labute approximate surface area is 90.2 Å². The van der Waals surface area contributed by atoms with Crippen LogP contribution in [-0.2, 0) is 4.74 Å². The van der Waals surface area contributed by atoms with E-state index in [-0.39, 0.29) is 6.10 Å². The second-order valence-corrected chi connectivity index (χ2v) is 4.46. The minimum Gasteiger partial charge on any atom is -0.357 e. The molecule has 0 N–H and O–H groups in total. The Hall–Kier alpha value is -1.15. The monoisotopic (exact) mass is 202 g/mol. The molecule has 1 aromatic heterocycles. The first kappa shape index (κ1) is 9.10. The van der Waals surface area contributed by atoms with E-state index in [1.807, 2.05) is 0 Å². The molecule has 0 saturated heterocycles. The van der Waals surface area contributed by atoms with E-state index in [2.05, 4.69) is 48.9 Å². The molecule has 0 bridgehead atoms. The first-order valence-corrected chi connectivity index (χ1v) is 5.63. The molecule has 0 spiro atoms. The molecule has 2 heteroatoms. The van der Waals surface area contributed by atoms with Gasteiger partial charge in [0, 0.05) is 25.0 Å². The van der Waals surface area contributed by atoms with Gasteiger partial charge in [0.2, 0.25) is 5.69 Å². The van der Waals surface area contributed by atoms with Gasteiger partial charge >= 0.3 is 0 Å². The third kappa shape index (κ3) is 1.25. The van der Waals surface area contributed by atoms with Crippen LogP contribution in [0.2, 0.25) is 0 Å². The van der Waals surface area contributed by atoms with E-state index in [0.29, 0.717) is 12.1 Å². The van der Waals surface area contributed by atoms with Crippen molar-refractivity contribution in [3.05, 3.63) is 35.7 Å². The maximum atomic E-state index is 6.03. The molecule has 3 rings (SSSR count). The predicted molar refractivity (Wildman–Crippen MR) is 58.3 cm³/mol. The molecule has 0 radical (unpaired) electrons. The Morgan fingerprint density at radius 1 is 1.40 bits per heavy atom. The average Bonchev–Trinajstić information content (AvgIpc) is 2.26. The standard InChI is InChI=1S/C13H16NO/c1-9-10(2)15-12-7-3-5-11-6-4-8-14(9)13(11)12/h3-6,8-10,12H,7H2,1-2H3/q+1. The summed E-state index contributed by atoms with van der Waals surface area (Å²) in [7, 11) is 0. The minimum atomic E-state index is 0.261. The summed E-state index contributed by atoms with van der Waals surface area (Å²) >= 11 is 0. The highest BCUT2D eigenvalue weighted by Crippen LogP contribution is 2.34. The van der Waals surface area contributed by atoms with Crippen LogP contribution < -0.4 is 4.57 Å². The fourth-order valence-electron chi connectivity index (χ4n) is 2.55. The van der Waals surface area contributed by atoms with Gasteiger partial charge in [0.1, 0.15) is 12.2 Å². The smallest absolute Gasteiger partial charge is 0.218 e. The zero-order valence-electron chi connectivity index (χ0n) is 9.18. The van der Waals surface area contributed by atoms with Gasteiger partial charge in [-0.3, -0.25) is 0 Å². The summed E-state index contributed by atoms with van der Waals surface area (Å²) in [5.41, 5.74) is 2.66. The van der Waals surface area contributed by atoms with Gasteiger partial charge in [0.15, 0.2) is 12.2 Å². The number of aromatic nitrogens is 1. The number of pyridine rings is 1. The number of rotatable bonds is 0. The molecule has 1 aliphatic carbocycles. The normalized spacial score (nSPS) is 32.5. The van der Waals surface area contributed by atoms with Crippen LogP contribution in [0.3, 0.4) is 0 Å². The van der Waals surface area contributed by atoms with Crippen molar-refractivity contribution in [3.8, 4) is 0 Å². The maximum absolute atomic E-state index is 6.03. The average molecular weight is 202 g/mol. The molecule has 3 unspecified atom stereocenters. The molecular weight excluding hydrogens is 186 g/mol. The van der Waals surface area contributed by atoms with Crippen LogP contribution >= 0.6 is 0 Å². The van der Waals surface area contributed by atoms with Gasteiger partial charge in [0.05, 0.1) is 0 Å². The van der Waals surface area contributed by atoms with Crippen LogP contribution in [0, 0.1) is 0 Å². The minimum absolute atomic E-state index is 0.261. The van der Waals surface area contributed by atoms with Crippen molar-refractivity contribution in [1.29, 1.82) is 0 Å². The summed E-state index contributed by atoms with van der Waals surface area (Å²) in [5, 5.41) is 0. The van der Waals surface area contributed by atoms with E-state index < -0.39 is 0 Å². The van der Waals surface area contributed by atoms with Gasteiger partial charge in [-0.1, -0.05) is 12.2 Å². The topological polar surface area (TPSA) is 13.1 Å². The van der Waals surface area contributed by atoms with Crippen molar-refractivity contribution in [2.75, 3.05) is 0 Å². The SMILES string of the molecule is CC1OC2CC=Cc3ccc[n+](c32)C1C. The van der Waals surface area contributed by atoms with Crippen LogP contribution in [0.15, 0.2) is 24.4 Å². The molecule has 2 nitrogen and oxygen atoms in total. The van der Waals surface area contributed by atoms with E-state index in [1.165, 1.54) is 11.3 Å². The highest BCUT2D eigenvalue weighted by Gasteiger charge is 2.39. The first-order valence-electron chi connectivity index (χ1n) is 5.63. The van der Waals surface area contributed by atoms with Gasteiger partial charge in [0.25, 0.3) is 0 Å². The number of nitrogens with zero attached hydrogens (tertiary/aromatic N) is 1. The molecule has 15 heavy (non-hydrogen) atoms. The molecule has 1 aromatic rings. The molecule has 2 aliphatic rings. The number of hydrogen-bond donors (Lipinski definition) is 0. The Morgan fingerprint density at radius 3 is 3.13 bits per heavy atom. The maximum Gasteiger partial charge on any atom is 0.218 e. The lowest BCUT2D eigenvalue weighted by Crippen LogP contribution is -2.53. The number of hydrogen-bond acceptors (Lipinski definition) is 1. The Balaban J connectivity index is 2.22. The van der Waals surface area contributed by atoms with Crippen molar-refractivity contribution in [3.63, 3.8) is 0 Å². The molecule has 78 valence electrons. The van der Waals surface area contributed by atoms with E-state index in [4.69, 9.17) is 4.74 Å². The lowest BCUT2D eigenvalue weighted by molar-refractivity contribution is -0.748. The second-order valence-electron chi connectivity index (χ2n) is 4.46. The summed E-state index contributed by atoms with van der Waals surface area (Å²) in [6.07, 6.45) is 8.16. The summed E-state index contributed by atoms with van der Waals surface area (Å²) in [4.78, 5) is 0. The molecule has 0 saturated carbocycles. The zero-order valence-corrected chi connectivity index (χ0v) is 9.18. The third-order valence-corrected chi connectivity index (χ3v) is 3.55. The molecule has 1 aliphatic heterocycles. The lowest BCUT2D eigenvalue weighted by Gasteiger charge is -2.31.